The third kappa shape index (κ3) is 3.41. The van der Waals surface area contributed by atoms with Crippen molar-refractivity contribution in [1.82, 2.24) is 20.2 Å². The molecular weight excluding hydrogens is 406 g/mol. The first-order chi connectivity index (χ1) is 15.7. The molecule has 0 radical (unpaired) electrons. The molecule has 0 aliphatic rings. The smallest absolute Gasteiger partial charge is 0.203 e. The molecule has 0 aliphatic carbocycles. The molecule has 2 N–H and O–H groups in total. The summed E-state index contributed by atoms with van der Waals surface area (Å²) in [4.78, 5) is 9.62. The van der Waals surface area contributed by atoms with Crippen LogP contribution >= 0.6 is 0 Å². The molecule has 0 amide bonds. The number of H-pyrrole nitrogens is 1. The Kier molecular flexibility index (Phi) is 4.95. The monoisotopic (exact) mass is 427 g/mol. The van der Waals surface area contributed by atoms with Gasteiger partial charge in [-0.3, -0.25) is 5.10 Å². The van der Waals surface area contributed by atoms with Crippen LogP contribution in [0.3, 0.4) is 0 Å². The molecule has 5 rings (SSSR count). The van der Waals surface area contributed by atoms with Crippen LogP contribution in [0.5, 0.6) is 17.2 Å². The zero-order valence-corrected chi connectivity index (χ0v) is 17.8. The van der Waals surface area contributed by atoms with Crippen LogP contribution in [0.4, 0.5) is 11.5 Å². The van der Waals surface area contributed by atoms with Crippen molar-refractivity contribution in [3.63, 3.8) is 0 Å². The molecule has 3 aromatic carbocycles. The summed E-state index contributed by atoms with van der Waals surface area (Å²) in [6, 6.07) is 17.5. The van der Waals surface area contributed by atoms with Gasteiger partial charge in [0.15, 0.2) is 17.3 Å². The van der Waals surface area contributed by atoms with E-state index in [9.17, 15) is 0 Å². The number of aromatic amines is 1. The third-order valence-electron chi connectivity index (χ3n) is 5.23. The molecule has 0 saturated heterocycles. The summed E-state index contributed by atoms with van der Waals surface area (Å²) in [5.74, 6) is 2.83. The molecule has 0 atom stereocenters. The van der Waals surface area contributed by atoms with E-state index in [0.29, 0.717) is 28.9 Å². The zero-order chi connectivity index (χ0) is 22.1. The zero-order valence-electron chi connectivity index (χ0n) is 17.8. The predicted octanol–water partition coefficient (Wildman–Crippen LogP) is 4.94. The number of para-hydroxylation sites is 1. The maximum atomic E-state index is 5.50. The summed E-state index contributed by atoms with van der Waals surface area (Å²) in [7, 11) is 4.74. The van der Waals surface area contributed by atoms with Crippen LogP contribution in [0.1, 0.15) is 0 Å². The first kappa shape index (κ1) is 19.6. The molecular formula is C24H21N5O3. The lowest BCUT2D eigenvalue weighted by atomic mass is 10.1. The Balaban J connectivity index is 1.65. The second-order valence-electron chi connectivity index (χ2n) is 7.12. The van der Waals surface area contributed by atoms with Gasteiger partial charge in [-0.2, -0.15) is 5.10 Å². The van der Waals surface area contributed by atoms with E-state index in [1.54, 1.807) is 27.5 Å². The van der Waals surface area contributed by atoms with E-state index in [1.165, 1.54) is 0 Å². The Morgan fingerprint density at radius 1 is 0.844 bits per heavy atom. The fourth-order valence-electron chi connectivity index (χ4n) is 3.67. The average molecular weight is 427 g/mol. The molecule has 0 unspecified atom stereocenters. The number of nitrogens with one attached hydrogen (secondary N) is 2. The SMILES string of the molecule is COc1cc(-c2nc(Nc3ccc4[nH]ncc4c3)c3ccccc3n2)cc(OC)c1OC. The first-order valence-electron chi connectivity index (χ1n) is 9.97. The van der Waals surface area contributed by atoms with Gasteiger partial charge in [0, 0.05) is 22.0 Å². The second-order valence-corrected chi connectivity index (χ2v) is 7.12. The topological polar surface area (TPSA) is 94.2 Å². The molecule has 8 heteroatoms. The fourth-order valence-corrected chi connectivity index (χ4v) is 3.67. The standard InChI is InChI=1S/C24H21N5O3/c1-30-20-11-14(12-21(31-2)22(20)32-3)23-27-19-7-5-4-6-17(19)24(28-23)26-16-8-9-18-15(10-16)13-25-29-18/h4-13H,1-3H3,(H,25,29)(H,26,27,28). The maximum Gasteiger partial charge on any atom is 0.203 e. The highest BCUT2D eigenvalue weighted by Crippen LogP contribution is 2.41. The van der Waals surface area contributed by atoms with E-state index in [0.717, 1.165) is 33.1 Å². The fraction of sp³-hybridized carbons (Fsp3) is 0.125. The van der Waals surface area contributed by atoms with Gasteiger partial charge in [0.25, 0.3) is 0 Å². The number of benzene rings is 3. The van der Waals surface area contributed by atoms with Crippen molar-refractivity contribution in [1.29, 1.82) is 0 Å². The van der Waals surface area contributed by atoms with E-state index in [2.05, 4.69) is 15.5 Å². The molecule has 0 saturated carbocycles. The molecule has 5 aromatic rings. The molecule has 0 fully saturated rings. The number of aromatic nitrogens is 4. The van der Waals surface area contributed by atoms with Crippen molar-refractivity contribution in [3.05, 3.63) is 60.8 Å². The molecule has 160 valence electrons. The minimum atomic E-state index is 0.520. The molecule has 2 aromatic heterocycles. The van der Waals surface area contributed by atoms with Gasteiger partial charge in [-0.25, -0.2) is 9.97 Å². The van der Waals surface area contributed by atoms with E-state index in [4.69, 9.17) is 24.2 Å². The van der Waals surface area contributed by atoms with Crippen LogP contribution in [0.15, 0.2) is 60.8 Å². The molecule has 8 nitrogen and oxygen atoms in total. The van der Waals surface area contributed by atoms with E-state index >= 15 is 0 Å². The van der Waals surface area contributed by atoms with Gasteiger partial charge >= 0.3 is 0 Å². The van der Waals surface area contributed by atoms with Crippen LogP contribution < -0.4 is 19.5 Å². The first-order valence-corrected chi connectivity index (χ1v) is 9.97. The summed E-state index contributed by atoms with van der Waals surface area (Å²) in [5.41, 5.74) is 3.44. The van der Waals surface area contributed by atoms with Gasteiger partial charge in [0.2, 0.25) is 5.75 Å². The lowest BCUT2D eigenvalue weighted by Gasteiger charge is -2.15. The lowest BCUT2D eigenvalue weighted by Crippen LogP contribution is -2.01. The van der Waals surface area contributed by atoms with Crippen LogP contribution in [-0.2, 0) is 0 Å². The van der Waals surface area contributed by atoms with Crippen molar-refractivity contribution < 1.29 is 14.2 Å². The largest absolute Gasteiger partial charge is 0.493 e. The number of hydrogen-bond acceptors (Lipinski definition) is 7. The minimum absolute atomic E-state index is 0.520. The summed E-state index contributed by atoms with van der Waals surface area (Å²) in [6.07, 6.45) is 1.79. The maximum absolute atomic E-state index is 5.50. The van der Waals surface area contributed by atoms with E-state index in [1.807, 2.05) is 54.6 Å². The van der Waals surface area contributed by atoms with Crippen molar-refractivity contribution in [2.75, 3.05) is 26.6 Å². The Labute approximate surface area is 184 Å². The molecule has 32 heavy (non-hydrogen) atoms. The predicted molar refractivity (Wildman–Crippen MR) is 124 cm³/mol. The Bertz CT molecular complexity index is 1410. The number of methoxy groups -OCH3 is 3. The summed E-state index contributed by atoms with van der Waals surface area (Å²) < 4.78 is 16.4. The Morgan fingerprint density at radius 3 is 2.38 bits per heavy atom. The van der Waals surface area contributed by atoms with E-state index in [-0.39, 0.29) is 0 Å². The summed E-state index contributed by atoms with van der Waals surface area (Å²) >= 11 is 0. The van der Waals surface area contributed by atoms with Crippen molar-refractivity contribution in [2.45, 2.75) is 0 Å². The van der Waals surface area contributed by atoms with Crippen LogP contribution in [0.2, 0.25) is 0 Å². The highest BCUT2D eigenvalue weighted by Gasteiger charge is 2.17. The normalized spacial score (nSPS) is 11.0. The molecule has 0 aliphatic heterocycles. The third-order valence-corrected chi connectivity index (χ3v) is 5.23. The van der Waals surface area contributed by atoms with Gasteiger partial charge in [0.05, 0.1) is 38.6 Å². The van der Waals surface area contributed by atoms with Gasteiger partial charge in [-0.15, -0.1) is 0 Å². The van der Waals surface area contributed by atoms with Gasteiger partial charge in [0.1, 0.15) is 5.82 Å². The van der Waals surface area contributed by atoms with Crippen molar-refractivity contribution in [2.24, 2.45) is 0 Å². The molecule has 0 spiro atoms. The van der Waals surface area contributed by atoms with E-state index < -0.39 is 0 Å². The highest BCUT2D eigenvalue weighted by atomic mass is 16.5. The van der Waals surface area contributed by atoms with Crippen molar-refractivity contribution in [3.8, 4) is 28.6 Å². The second kappa shape index (κ2) is 8.07. The Morgan fingerprint density at radius 2 is 1.62 bits per heavy atom. The number of nitrogens with zero attached hydrogens (tertiary/aromatic N) is 3. The Hall–Kier alpha value is -4.33. The van der Waals surface area contributed by atoms with Gasteiger partial charge in [-0.05, 0) is 42.5 Å². The average Bonchev–Trinajstić information content (AvgIpc) is 3.31. The molecule has 2 heterocycles. The number of fused-ring (bicyclic) bond motifs is 2. The summed E-state index contributed by atoms with van der Waals surface area (Å²) in [6.45, 7) is 0. The quantitative estimate of drug-likeness (QED) is 0.396. The van der Waals surface area contributed by atoms with Gasteiger partial charge < -0.3 is 19.5 Å². The van der Waals surface area contributed by atoms with Gasteiger partial charge in [-0.1, -0.05) is 12.1 Å². The lowest BCUT2D eigenvalue weighted by molar-refractivity contribution is 0.324. The van der Waals surface area contributed by atoms with Crippen LogP contribution in [0.25, 0.3) is 33.2 Å². The number of anilines is 2. The molecule has 0 bridgehead atoms. The highest BCUT2D eigenvalue weighted by molar-refractivity contribution is 5.93. The van der Waals surface area contributed by atoms with Crippen LogP contribution in [0, 0.1) is 0 Å². The van der Waals surface area contributed by atoms with Crippen molar-refractivity contribution >= 4 is 33.3 Å². The minimum Gasteiger partial charge on any atom is -0.493 e. The number of rotatable bonds is 6. The number of hydrogen-bond donors (Lipinski definition) is 2. The number of ether oxygens (including phenoxy) is 3. The van der Waals surface area contributed by atoms with Crippen LogP contribution in [-0.4, -0.2) is 41.5 Å². The summed E-state index contributed by atoms with van der Waals surface area (Å²) in [5, 5.41) is 12.4.